The van der Waals surface area contributed by atoms with E-state index in [1.165, 1.54) is 48.2 Å². The van der Waals surface area contributed by atoms with Crippen LogP contribution in [0.3, 0.4) is 0 Å². The van der Waals surface area contributed by atoms with Crippen LogP contribution in [0.2, 0.25) is 0 Å². The van der Waals surface area contributed by atoms with Crippen LogP contribution in [0.25, 0.3) is 22.7 Å². The average Bonchev–Trinajstić information content (AvgIpc) is 3.32. The second-order valence-electron chi connectivity index (χ2n) is 10.7. The molecule has 2 fully saturated rings. The number of carbonyl (C=O) groups is 1. The Morgan fingerprint density at radius 2 is 1.74 bits per heavy atom. The van der Waals surface area contributed by atoms with Gasteiger partial charge in [0.05, 0.1) is 12.4 Å². The van der Waals surface area contributed by atoms with E-state index in [4.69, 9.17) is 0 Å². The van der Waals surface area contributed by atoms with Crippen molar-refractivity contribution in [2.24, 2.45) is 5.92 Å². The lowest BCUT2D eigenvalue weighted by Gasteiger charge is -2.37. The van der Waals surface area contributed by atoms with Gasteiger partial charge in [0.25, 0.3) is 11.5 Å². The quantitative estimate of drug-likeness (QED) is 0.365. The smallest absolute Gasteiger partial charge is 0.274 e. The second-order valence-corrected chi connectivity index (χ2v) is 10.7. The zero-order valence-corrected chi connectivity index (χ0v) is 21.9. The lowest BCUT2D eigenvalue weighted by Crippen LogP contribution is -2.51. The molecule has 0 unspecified atom stereocenters. The summed E-state index contributed by atoms with van der Waals surface area (Å²) in [5, 5.41) is 4.66. The Morgan fingerprint density at radius 3 is 2.45 bits per heavy atom. The summed E-state index contributed by atoms with van der Waals surface area (Å²) in [6, 6.07) is 11.8. The van der Waals surface area contributed by atoms with E-state index in [0.717, 1.165) is 16.8 Å². The number of halogens is 1. The Bertz CT molecular complexity index is 1560. The molecule has 1 saturated heterocycles. The van der Waals surface area contributed by atoms with Crippen molar-refractivity contribution in [1.29, 1.82) is 0 Å². The van der Waals surface area contributed by atoms with Crippen LogP contribution in [0.4, 0.5) is 4.39 Å². The number of benzene rings is 1. The van der Waals surface area contributed by atoms with E-state index in [-0.39, 0.29) is 17.4 Å². The fourth-order valence-electron chi connectivity index (χ4n) is 5.84. The van der Waals surface area contributed by atoms with Gasteiger partial charge in [-0.25, -0.2) is 0 Å². The molecule has 4 aromatic rings. The van der Waals surface area contributed by atoms with Gasteiger partial charge in [-0.15, -0.1) is 0 Å². The second kappa shape index (κ2) is 9.82. The first-order chi connectivity index (χ1) is 18.5. The van der Waals surface area contributed by atoms with Crippen LogP contribution in [0.5, 0.6) is 0 Å². The number of alkyl halides is 1. The number of nitrogens with zero attached hydrogens (tertiary/aromatic N) is 5. The van der Waals surface area contributed by atoms with E-state index in [9.17, 15) is 14.0 Å². The number of rotatable bonds is 5. The molecule has 1 aromatic carbocycles. The monoisotopic (exact) mass is 513 g/mol. The van der Waals surface area contributed by atoms with Gasteiger partial charge in [-0.3, -0.25) is 19.0 Å². The van der Waals surface area contributed by atoms with Crippen LogP contribution in [-0.4, -0.2) is 49.7 Å². The minimum Gasteiger partial charge on any atom is -0.338 e. The maximum absolute atomic E-state index is 13.9. The van der Waals surface area contributed by atoms with Crippen LogP contribution in [0, 0.1) is 19.8 Å². The first-order valence-electron chi connectivity index (χ1n) is 13.5. The van der Waals surface area contributed by atoms with Crippen molar-refractivity contribution in [2.45, 2.75) is 51.9 Å². The number of aryl methyl sites for hydroxylation is 1. The lowest BCUT2D eigenvalue weighted by atomic mass is 9.84. The summed E-state index contributed by atoms with van der Waals surface area (Å²) in [7, 11) is 0. The number of carbonyl (C=O) groups excluding carboxylic acids is 1. The summed E-state index contributed by atoms with van der Waals surface area (Å²) >= 11 is 0. The van der Waals surface area contributed by atoms with Gasteiger partial charge in [0.2, 0.25) is 0 Å². The van der Waals surface area contributed by atoms with Gasteiger partial charge in [0.1, 0.15) is 11.3 Å². The van der Waals surface area contributed by atoms with Crippen molar-refractivity contribution in [1.82, 2.24) is 24.1 Å². The first kappa shape index (κ1) is 24.5. The molecule has 38 heavy (non-hydrogen) atoms. The molecular formula is C30H32FN5O2. The molecule has 0 atom stereocenters. The molecule has 1 aliphatic carbocycles. The normalized spacial score (nSPS) is 16.7. The highest BCUT2D eigenvalue weighted by Gasteiger charge is 2.36. The molecule has 1 aliphatic heterocycles. The zero-order chi connectivity index (χ0) is 26.4. The van der Waals surface area contributed by atoms with Crippen LogP contribution in [0.1, 0.15) is 65.1 Å². The largest absolute Gasteiger partial charge is 0.338 e. The summed E-state index contributed by atoms with van der Waals surface area (Å²) in [5.41, 5.74) is 5.40. The maximum atomic E-state index is 13.9. The molecule has 6 rings (SSSR count). The molecule has 1 saturated carbocycles. The summed E-state index contributed by atoms with van der Waals surface area (Å²) in [4.78, 5) is 33.1. The van der Waals surface area contributed by atoms with Crippen molar-refractivity contribution in [3.8, 4) is 17.1 Å². The Kier molecular flexibility index (Phi) is 6.33. The van der Waals surface area contributed by atoms with E-state index in [2.05, 4.69) is 22.2 Å². The number of amides is 1. The summed E-state index contributed by atoms with van der Waals surface area (Å²) in [6.07, 6.45) is 9.66. The molecule has 3 aromatic heterocycles. The van der Waals surface area contributed by atoms with Gasteiger partial charge in [0, 0.05) is 43.2 Å². The molecule has 196 valence electrons. The van der Waals surface area contributed by atoms with E-state index < -0.39 is 6.67 Å². The molecule has 0 spiro atoms. The molecular weight excluding hydrogens is 481 g/mol. The predicted octanol–water partition coefficient (Wildman–Crippen LogP) is 5.25. The molecule has 8 heteroatoms. The first-order valence-corrected chi connectivity index (χ1v) is 13.5. The van der Waals surface area contributed by atoms with Crippen molar-refractivity contribution in [3.05, 3.63) is 81.4 Å². The van der Waals surface area contributed by atoms with Crippen LogP contribution < -0.4 is 5.56 Å². The minimum absolute atomic E-state index is 0.155. The maximum Gasteiger partial charge on any atom is 0.274 e. The van der Waals surface area contributed by atoms with E-state index >= 15 is 0 Å². The Hall–Kier alpha value is -3.81. The van der Waals surface area contributed by atoms with E-state index in [1.807, 2.05) is 36.6 Å². The van der Waals surface area contributed by atoms with Crippen molar-refractivity contribution < 1.29 is 9.18 Å². The SMILES string of the molecule is Cc1ccnc(-c2nn3c(=O)ccn(-c4ccc(C5CCCCC5)cc4)c3c2C(=O)N2CC(CF)C2)c1C. The highest BCUT2D eigenvalue weighted by molar-refractivity contribution is 6.06. The minimum atomic E-state index is -0.456. The Labute approximate surface area is 220 Å². The van der Waals surface area contributed by atoms with Crippen LogP contribution >= 0.6 is 0 Å². The third-order valence-electron chi connectivity index (χ3n) is 8.29. The molecule has 0 bridgehead atoms. The van der Waals surface area contributed by atoms with Crippen molar-refractivity contribution in [3.63, 3.8) is 0 Å². The number of pyridine rings is 1. The van der Waals surface area contributed by atoms with Gasteiger partial charge < -0.3 is 9.47 Å². The Morgan fingerprint density at radius 1 is 1.00 bits per heavy atom. The van der Waals surface area contributed by atoms with Gasteiger partial charge in [-0.05, 0) is 67.5 Å². The van der Waals surface area contributed by atoms with Gasteiger partial charge >= 0.3 is 0 Å². The topological polar surface area (TPSA) is 72.5 Å². The molecule has 4 heterocycles. The molecule has 2 aliphatic rings. The van der Waals surface area contributed by atoms with Gasteiger partial charge in [0.15, 0.2) is 5.65 Å². The third-order valence-corrected chi connectivity index (χ3v) is 8.29. The molecule has 7 nitrogen and oxygen atoms in total. The van der Waals surface area contributed by atoms with Crippen molar-refractivity contribution >= 4 is 11.6 Å². The van der Waals surface area contributed by atoms with Crippen molar-refractivity contribution in [2.75, 3.05) is 19.8 Å². The number of hydrogen-bond acceptors (Lipinski definition) is 4. The molecule has 0 radical (unpaired) electrons. The molecule has 1 amide bonds. The van der Waals surface area contributed by atoms with Crippen LogP contribution in [0.15, 0.2) is 53.6 Å². The number of hydrogen-bond donors (Lipinski definition) is 0. The van der Waals surface area contributed by atoms with E-state index in [0.29, 0.717) is 41.6 Å². The standard InChI is InChI=1S/C30H32FN5O2/c1-19-12-14-32-27(20(19)2)28-26(30(38)34-17-21(16-31)18-34)29-35(15-13-25(37)36(29)33-28)24-10-8-23(9-11-24)22-6-4-3-5-7-22/h8-15,21-22H,3-7,16-18H2,1-2H3. The average molecular weight is 514 g/mol. The number of likely N-dealkylation sites (tertiary alicyclic amines) is 1. The summed E-state index contributed by atoms with van der Waals surface area (Å²) in [5.74, 6) is 0.161. The number of fused-ring (bicyclic) bond motifs is 1. The summed E-state index contributed by atoms with van der Waals surface area (Å²) < 4.78 is 16.4. The van der Waals surface area contributed by atoms with Crippen LogP contribution in [-0.2, 0) is 0 Å². The fourth-order valence-corrected chi connectivity index (χ4v) is 5.84. The zero-order valence-electron chi connectivity index (χ0n) is 21.9. The van der Waals surface area contributed by atoms with Gasteiger partial charge in [-0.2, -0.15) is 9.61 Å². The lowest BCUT2D eigenvalue weighted by molar-refractivity contribution is 0.0455. The predicted molar refractivity (Wildman–Crippen MR) is 145 cm³/mol. The Balaban J connectivity index is 1.53. The number of aromatic nitrogens is 4. The third kappa shape index (κ3) is 4.12. The molecule has 0 N–H and O–H groups in total. The fraction of sp³-hybridized carbons (Fsp3) is 0.400. The highest BCUT2D eigenvalue weighted by Crippen LogP contribution is 2.34. The van der Waals surface area contributed by atoms with Gasteiger partial charge in [-0.1, -0.05) is 31.4 Å². The summed E-state index contributed by atoms with van der Waals surface area (Å²) in [6.45, 7) is 4.15. The van der Waals surface area contributed by atoms with E-state index in [1.54, 1.807) is 17.3 Å². The highest BCUT2D eigenvalue weighted by atomic mass is 19.1.